The smallest absolute Gasteiger partial charge is 0.132 e. The van der Waals surface area contributed by atoms with Crippen LogP contribution in [0.3, 0.4) is 0 Å². The van der Waals surface area contributed by atoms with Gasteiger partial charge in [0, 0.05) is 5.39 Å². The normalized spacial score (nSPS) is 12.3. The van der Waals surface area contributed by atoms with Gasteiger partial charge in [0.05, 0.1) is 11.1 Å². The van der Waals surface area contributed by atoms with Crippen molar-refractivity contribution in [2.45, 2.75) is 19.4 Å². The molecule has 0 bridgehead atoms. The summed E-state index contributed by atoms with van der Waals surface area (Å²) in [5, 5.41) is 17.9. The van der Waals surface area contributed by atoms with E-state index < -0.39 is 5.60 Å². The third-order valence-electron chi connectivity index (χ3n) is 2.20. The van der Waals surface area contributed by atoms with Gasteiger partial charge in [-0.05, 0) is 25.5 Å². The highest BCUT2D eigenvalue weighted by Crippen LogP contribution is 2.31. The topological polar surface area (TPSA) is 48.9 Å². The molecule has 74 valence electrons. The van der Waals surface area contributed by atoms with Gasteiger partial charge in [0.1, 0.15) is 5.15 Å². The molecular formula is C10H11ClN2O. The Bertz CT molecular complexity index is 470. The number of nitrogens with zero attached hydrogens (tertiary/aromatic N) is 1. The van der Waals surface area contributed by atoms with Crippen molar-refractivity contribution in [1.82, 2.24) is 10.2 Å². The lowest BCUT2D eigenvalue weighted by Gasteiger charge is -2.18. The molecule has 0 saturated carbocycles. The van der Waals surface area contributed by atoms with E-state index >= 15 is 0 Å². The van der Waals surface area contributed by atoms with Gasteiger partial charge in [-0.3, -0.25) is 5.10 Å². The first kappa shape index (κ1) is 9.49. The van der Waals surface area contributed by atoms with Crippen molar-refractivity contribution in [2.24, 2.45) is 0 Å². The summed E-state index contributed by atoms with van der Waals surface area (Å²) >= 11 is 5.95. The number of aromatic nitrogens is 2. The Labute approximate surface area is 86.7 Å². The fourth-order valence-electron chi connectivity index (χ4n) is 1.54. The predicted molar refractivity (Wildman–Crippen MR) is 56.3 cm³/mol. The van der Waals surface area contributed by atoms with Crippen molar-refractivity contribution >= 4 is 22.5 Å². The molecule has 2 aromatic rings. The van der Waals surface area contributed by atoms with Gasteiger partial charge in [-0.25, -0.2) is 0 Å². The van der Waals surface area contributed by atoms with E-state index in [0.717, 1.165) is 16.5 Å². The SMILES string of the molecule is CC(C)(O)c1cccc2n[nH]c(Cl)c12. The Morgan fingerprint density at radius 3 is 2.79 bits per heavy atom. The minimum atomic E-state index is -0.910. The zero-order chi connectivity index (χ0) is 10.3. The molecule has 0 atom stereocenters. The second-order valence-electron chi connectivity index (χ2n) is 3.80. The highest BCUT2D eigenvalue weighted by atomic mass is 35.5. The summed E-state index contributed by atoms with van der Waals surface area (Å²) in [4.78, 5) is 0. The number of nitrogens with one attached hydrogen (secondary N) is 1. The van der Waals surface area contributed by atoms with Gasteiger partial charge in [-0.2, -0.15) is 5.10 Å². The van der Waals surface area contributed by atoms with E-state index in [2.05, 4.69) is 10.2 Å². The van der Waals surface area contributed by atoms with Crippen LogP contribution in [0.2, 0.25) is 5.15 Å². The summed E-state index contributed by atoms with van der Waals surface area (Å²) < 4.78 is 0. The third-order valence-corrected chi connectivity index (χ3v) is 2.47. The number of H-pyrrole nitrogens is 1. The van der Waals surface area contributed by atoms with Crippen LogP contribution in [-0.2, 0) is 5.60 Å². The van der Waals surface area contributed by atoms with Crippen LogP contribution in [0.1, 0.15) is 19.4 Å². The number of aliphatic hydroxyl groups is 1. The zero-order valence-corrected chi connectivity index (χ0v) is 8.76. The highest BCUT2D eigenvalue weighted by Gasteiger charge is 2.21. The summed E-state index contributed by atoms with van der Waals surface area (Å²) in [6.45, 7) is 3.45. The van der Waals surface area contributed by atoms with E-state index in [1.807, 2.05) is 18.2 Å². The van der Waals surface area contributed by atoms with Crippen molar-refractivity contribution < 1.29 is 5.11 Å². The Morgan fingerprint density at radius 1 is 1.43 bits per heavy atom. The van der Waals surface area contributed by atoms with Crippen LogP contribution in [0.15, 0.2) is 18.2 Å². The summed E-state index contributed by atoms with van der Waals surface area (Å²) in [6.07, 6.45) is 0. The molecule has 0 unspecified atom stereocenters. The molecule has 0 aliphatic heterocycles. The first-order chi connectivity index (χ1) is 6.50. The predicted octanol–water partition coefficient (Wildman–Crippen LogP) is 2.44. The highest BCUT2D eigenvalue weighted by molar-refractivity contribution is 6.34. The molecule has 2 rings (SSSR count). The van der Waals surface area contributed by atoms with Crippen LogP contribution in [0.5, 0.6) is 0 Å². The molecule has 0 amide bonds. The van der Waals surface area contributed by atoms with E-state index in [1.54, 1.807) is 13.8 Å². The van der Waals surface area contributed by atoms with E-state index in [-0.39, 0.29) is 0 Å². The van der Waals surface area contributed by atoms with Crippen molar-refractivity contribution in [2.75, 3.05) is 0 Å². The average molecular weight is 211 g/mol. The van der Waals surface area contributed by atoms with Crippen molar-refractivity contribution in [3.8, 4) is 0 Å². The Morgan fingerprint density at radius 2 is 2.14 bits per heavy atom. The number of fused-ring (bicyclic) bond motifs is 1. The number of rotatable bonds is 1. The van der Waals surface area contributed by atoms with E-state index in [0.29, 0.717) is 5.15 Å². The molecule has 0 saturated heterocycles. The summed E-state index contributed by atoms with van der Waals surface area (Å²) in [5.74, 6) is 0. The van der Waals surface area contributed by atoms with Gasteiger partial charge in [0.2, 0.25) is 0 Å². The van der Waals surface area contributed by atoms with E-state index in [9.17, 15) is 5.11 Å². The van der Waals surface area contributed by atoms with Crippen LogP contribution in [0.25, 0.3) is 10.9 Å². The number of halogens is 1. The van der Waals surface area contributed by atoms with Crippen molar-refractivity contribution in [3.63, 3.8) is 0 Å². The van der Waals surface area contributed by atoms with Gasteiger partial charge in [0.25, 0.3) is 0 Å². The maximum absolute atomic E-state index is 9.93. The Hall–Kier alpha value is -1.06. The Kier molecular flexibility index (Phi) is 2.01. The number of benzene rings is 1. The minimum Gasteiger partial charge on any atom is -0.386 e. The Balaban J connectivity index is 2.82. The van der Waals surface area contributed by atoms with Crippen LogP contribution >= 0.6 is 11.6 Å². The lowest BCUT2D eigenvalue weighted by atomic mass is 9.95. The summed E-state index contributed by atoms with van der Waals surface area (Å²) in [5.41, 5.74) is 0.649. The van der Waals surface area contributed by atoms with E-state index in [4.69, 9.17) is 11.6 Å². The molecule has 0 fully saturated rings. The molecule has 0 aliphatic carbocycles. The second-order valence-corrected chi connectivity index (χ2v) is 4.17. The molecule has 0 radical (unpaired) electrons. The lowest BCUT2D eigenvalue weighted by Crippen LogP contribution is -2.15. The van der Waals surface area contributed by atoms with Crippen LogP contribution in [0.4, 0.5) is 0 Å². The van der Waals surface area contributed by atoms with Gasteiger partial charge < -0.3 is 5.11 Å². The van der Waals surface area contributed by atoms with Gasteiger partial charge in [-0.15, -0.1) is 0 Å². The van der Waals surface area contributed by atoms with Crippen LogP contribution in [0, 0.1) is 0 Å². The molecule has 3 nitrogen and oxygen atoms in total. The van der Waals surface area contributed by atoms with Crippen molar-refractivity contribution in [1.29, 1.82) is 0 Å². The molecule has 4 heteroatoms. The summed E-state index contributed by atoms with van der Waals surface area (Å²) in [6, 6.07) is 5.56. The van der Waals surface area contributed by atoms with Crippen molar-refractivity contribution in [3.05, 3.63) is 28.9 Å². The van der Waals surface area contributed by atoms with Gasteiger partial charge >= 0.3 is 0 Å². The van der Waals surface area contributed by atoms with Gasteiger partial charge in [0.15, 0.2) is 0 Å². The fraction of sp³-hybridized carbons (Fsp3) is 0.300. The molecule has 1 heterocycles. The van der Waals surface area contributed by atoms with Crippen LogP contribution < -0.4 is 0 Å². The first-order valence-electron chi connectivity index (χ1n) is 4.35. The lowest BCUT2D eigenvalue weighted by molar-refractivity contribution is 0.0802. The zero-order valence-electron chi connectivity index (χ0n) is 8.00. The molecule has 1 aromatic carbocycles. The van der Waals surface area contributed by atoms with Gasteiger partial charge in [-0.1, -0.05) is 23.7 Å². The molecule has 0 aliphatic rings. The molecular weight excluding hydrogens is 200 g/mol. The standard InChI is InChI=1S/C10H11ClN2O/c1-10(2,14)6-4-3-5-7-8(6)9(11)13-12-7/h3-5,14H,1-2H3,(H,12,13). The summed E-state index contributed by atoms with van der Waals surface area (Å²) in [7, 11) is 0. The quantitative estimate of drug-likeness (QED) is 0.760. The maximum Gasteiger partial charge on any atom is 0.132 e. The second kappa shape index (κ2) is 2.97. The monoisotopic (exact) mass is 210 g/mol. The molecule has 0 spiro atoms. The number of hydrogen-bond donors (Lipinski definition) is 2. The molecule has 14 heavy (non-hydrogen) atoms. The maximum atomic E-state index is 9.93. The first-order valence-corrected chi connectivity index (χ1v) is 4.73. The molecule has 1 aromatic heterocycles. The largest absolute Gasteiger partial charge is 0.386 e. The minimum absolute atomic E-state index is 0.470. The van der Waals surface area contributed by atoms with E-state index in [1.165, 1.54) is 0 Å². The average Bonchev–Trinajstić information content (AvgIpc) is 2.46. The number of aromatic amines is 1. The molecule has 2 N–H and O–H groups in total. The number of hydrogen-bond acceptors (Lipinski definition) is 2. The fourth-order valence-corrected chi connectivity index (χ4v) is 1.78. The third kappa shape index (κ3) is 1.38. The van der Waals surface area contributed by atoms with Crippen LogP contribution in [-0.4, -0.2) is 15.3 Å².